The van der Waals surface area contributed by atoms with Gasteiger partial charge in [0, 0.05) is 22.5 Å². The molecule has 0 fully saturated rings. The number of pyridine rings is 1. The van der Waals surface area contributed by atoms with Crippen LogP contribution in [0.5, 0.6) is 0 Å². The van der Waals surface area contributed by atoms with Crippen LogP contribution in [0.4, 0.5) is 4.39 Å². The first-order valence-corrected chi connectivity index (χ1v) is 5.53. The van der Waals surface area contributed by atoms with Gasteiger partial charge in [-0.3, -0.25) is 4.79 Å². The summed E-state index contributed by atoms with van der Waals surface area (Å²) in [5, 5.41) is 1.53. The molecule has 1 aromatic carbocycles. The summed E-state index contributed by atoms with van der Waals surface area (Å²) in [5.41, 5.74) is 1.92. The van der Waals surface area contributed by atoms with E-state index < -0.39 is 0 Å². The largest absolute Gasteiger partial charge is 0.351 e. The number of aromatic amines is 2. The van der Waals surface area contributed by atoms with Gasteiger partial charge in [-0.15, -0.1) is 0 Å². The quantitative estimate of drug-likeness (QED) is 0.663. The van der Waals surface area contributed by atoms with E-state index in [2.05, 4.69) is 9.97 Å². The molecule has 86 valence electrons. The van der Waals surface area contributed by atoms with Crippen LogP contribution in [0.2, 0.25) is 0 Å². The number of benzene rings is 1. The maximum atomic E-state index is 13.6. The number of hydrogen-bond acceptors (Lipinski definition) is 1. The molecule has 0 aliphatic carbocycles. The van der Waals surface area contributed by atoms with Crippen molar-refractivity contribution in [1.82, 2.24) is 9.97 Å². The Morgan fingerprint density at radius 2 is 2.00 bits per heavy atom. The minimum absolute atomic E-state index is 0.153. The Kier molecular flexibility index (Phi) is 2.04. The summed E-state index contributed by atoms with van der Waals surface area (Å²) < 4.78 is 13.6. The average Bonchev–Trinajstić information content (AvgIpc) is 2.68. The Morgan fingerprint density at radius 3 is 2.76 bits per heavy atom. The first-order chi connectivity index (χ1) is 8.20. The van der Waals surface area contributed by atoms with Gasteiger partial charge in [-0.05, 0) is 12.5 Å². The normalized spacial score (nSPS) is 11.4. The summed E-state index contributed by atoms with van der Waals surface area (Å²) in [7, 11) is 0. The zero-order valence-electron chi connectivity index (χ0n) is 9.30. The highest BCUT2D eigenvalue weighted by molar-refractivity contribution is 6.07. The molecule has 0 unspecified atom stereocenters. The van der Waals surface area contributed by atoms with Crippen molar-refractivity contribution in [3.05, 3.63) is 46.1 Å². The van der Waals surface area contributed by atoms with Gasteiger partial charge in [0.15, 0.2) is 0 Å². The highest BCUT2D eigenvalue weighted by atomic mass is 19.1. The molecule has 0 atom stereocenters. The third-order valence-electron chi connectivity index (χ3n) is 3.03. The lowest BCUT2D eigenvalue weighted by atomic mass is 10.1. The first kappa shape index (κ1) is 10.1. The van der Waals surface area contributed by atoms with Crippen LogP contribution in [0.3, 0.4) is 0 Å². The van der Waals surface area contributed by atoms with Crippen molar-refractivity contribution in [2.45, 2.75) is 13.3 Å². The van der Waals surface area contributed by atoms with E-state index in [4.69, 9.17) is 0 Å². The van der Waals surface area contributed by atoms with Crippen molar-refractivity contribution in [1.29, 1.82) is 0 Å². The third kappa shape index (κ3) is 1.37. The number of hydrogen-bond donors (Lipinski definition) is 2. The van der Waals surface area contributed by atoms with Crippen molar-refractivity contribution in [3.63, 3.8) is 0 Å². The number of para-hydroxylation sites is 1. The fraction of sp³-hybridized carbons (Fsp3) is 0.154. The highest BCUT2D eigenvalue weighted by Crippen LogP contribution is 2.27. The SMILES string of the molecule is CCc1[nH]c(=O)cc2c1[nH]c1c(F)cccc12. The summed E-state index contributed by atoms with van der Waals surface area (Å²) in [6.45, 7) is 1.95. The molecule has 2 heterocycles. The predicted octanol–water partition coefficient (Wildman–Crippen LogP) is 2.71. The fourth-order valence-electron chi connectivity index (χ4n) is 2.23. The molecule has 0 radical (unpaired) electrons. The van der Waals surface area contributed by atoms with Crippen molar-refractivity contribution in [2.75, 3.05) is 0 Å². The molecule has 2 N–H and O–H groups in total. The van der Waals surface area contributed by atoms with Gasteiger partial charge in [0.1, 0.15) is 5.82 Å². The number of rotatable bonds is 1. The van der Waals surface area contributed by atoms with E-state index in [1.807, 2.05) is 13.0 Å². The Labute approximate surface area is 96.3 Å². The molecule has 0 amide bonds. The van der Waals surface area contributed by atoms with Crippen LogP contribution in [0, 0.1) is 5.82 Å². The van der Waals surface area contributed by atoms with E-state index in [0.29, 0.717) is 11.9 Å². The molecular weight excluding hydrogens is 219 g/mol. The average molecular weight is 230 g/mol. The van der Waals surface area contributed by atoms with E-state index in [1.165, 1.54) is 12.1 Å². The van der Waals surface area contributed by atoms with Gasteiger partial charge in [-0.2, -0.15) is 0 Å². The van der Waals surface area contributed by atoms with Crippen LogP contribution < -0.4 is 5.56 Å². The predicted molar refractivity (Wildman–Crippen MR) is 65.8 cm³/mol. The molecule has 0 saturated carbocycles. The zero-order chi connectivity index (χ0) is 12.0. The van der Waals surface area contributed by atoms with Crippen molar-refractivity contribution >= 4 is 21.8 Å². The van der Waals surface area contributed by atoms with Gasteiger partial charge in [-0.25, -0.2) is 4.39 Å². The van der Waals surface area contributed by atoms with E-state index in [9.17, 15) is 9.18 Å². The van der Waals surface area contributed by atoms with Gasteiger partial charge in [0.05, 0.1) is 11.0 Å². The molecule has 0 aliphatic heterocycles. The van der Waals surface area contributed by atoms with E-state index in [0.717, 1.165) is 22.0 Å². The van der Waals surface area contributed by atoms with Crippen LogP contribution in [0.25, 0.3) is 21.8 Å². The number of halogens is 1. The molecule has 0 aliphatic rings. The summed E-state index contributed by atoms with van der Waals surface area (Å²) >= 11 is 0. The molecule has 3 aromatic rings. The number of aryl methyl sites for hydroxylation is 1. The minimum atomic E-state index is -0.298. The number of fused-ring (bicyclic) bond motifs is 3. The van der Waals surface area contributed by atoms with Crippen LogP contribution >= 0.6 is 0 Å². The van der Waals surface area contributed by atoms with E-state index >= 15 is 0 Å². The van der Waals surface area contributed by atoms with Crippen molar-refractivity contribution in [2.24, 2.45) is 0 Å². The lowest BCUT2D eigenvalue weighted by Crippen LogP contribution is -2.06. The molecule has 4 heteroatoms. The second kappa shape index (κ2) is 3.45. The second-order valence-corrected chi connectivity index (χ2v) is 4.04. The summed E-state index contributed by atoms with van der Waals surface area (Å²) in [4.78, 5) is 17.3. The summed E-state index contributed by atoms with van der Waals surface area (Å²) in [6, 6.07) is 6.38. The van der Waals surface area contributed by atoms with E-state index in [1.54, 1.807) is 6.07 Å². The smallest absolute Gasteiger partial charge is 0.248 e. The van der Waals surface area contributed by atoms with Gasteiger partial charge in [0.2, 0.25) is 5.56 Å². The number of nitrogens with one attached hydrogen (secondary N) is 2. The second-order valence-electron chi connectivity index (χ2n) is 4.04. The molecule has 0 spiro atoms. The lowest BCUT2D eigenvalue weighted by molar-refractivity contribution is 0.637. The Hall–Kier alpha value is -2.10. The Bertz CT molecular complexity index is 770. The highest BCUT2D eigenvalue weighted by Gasteiger charge is 2.11. The van der Waals surface area contributed by atoms with Gasteiger partial charge < -0.3 is 9.97 Å². The van der Waals surface area contributed by atoms with Gasteiger partial charge >= 0.3 is 0 Å². The molecular formula is C13H11FN2O. The van der Waals surface area contributed by atoms with Crippen molar-refractivity contribution in [3.8, 4) is 0 Å². The van der Waals surface area contributed by atoms with Crippen LogP contribution in [0.15, 0.2) is 29.1 Å². The van der Waals surface area contributed by atoms with Gasteiger partial charge in [-0.1, -0.05) is 19.1 Å². The molecule has 3 nitrogen and oxygen atoms in total. The minimum Gasteiger partial charge on any atom is -0.351 e. The fourth-order valence-corrected chi connectivity index (χ4v) is 2.23. The van der Waals surface area contributed by atoms with Crippen LogP contribution in [-0.4, -0.2) is 9.97 Å². The molecule has 2 aromatic heterocycles. The Morgan fingerprint density at radius 1 is 1.18 bits per heavy atom. The number of aromatic nitrogens is 2. The topological polar surface area (TPSA) is 48.6 Å². The number of H-pyrrole nitrogens is 2. The maximum Gasteiger partial charge on any atom is 0.248 e. The molecule has 3 rings (SSSR count). The molecule has 0 saturated heterocycles. The summed E-state index contributed by atoms with van der Waals surface area (Å²) in [5.74, 6) is -0.298. The molecule has 0 bridgehead atoms. The first-order valence-electron chi connectivity index (χ1n) is 5.53. The zero-order valence-corrected chi connectivity index (χ0v) is 9.30. The van der Waals surface area contributed by atoms with Gasteiger partial charge in [0.25, 0.3) is 0 Å². The monoisotopic (exact) mass is 230 g/mol. The maximum absolute atomic E-state index is 13.6. The third-order valence-corrected chi connectivity index (χ3v) is 3.03. The van der Waals surface area contributed by atoms with Crippen LogP contribution in [-0.2, 0) is 6.42 Å². The standard InChI is InChI=1S/C13H11FN2O/c1-2-10-13-8(6-11(17)15-10)7-4-3-5-9(14)12(7)16-13/h3-6,16H,2H2,1H3,(H,15,17). The summed E-state index contributed by atoms with van der Waals surface area (Å²) in [6.07, 6.45) is 0.695. The molecule has 17 heavy (non-hydrogen) atoms. The van der Waals surface area contributed by atoms with Crippen molar-refractivity contribution < 1.29 is 4.39 Å². The Balaban J connectivity index is 2.60. The van der Waals surface area contributed by atoms with E-state index in [-0.39, 0.29) is 11.4 Å². The van der Waals surface area contributed by atoms with Crippen LogP contribution in [0.1, 0.15) is 12.6 Å². The lowest BCUT2D eigenvalue weighted by Gasteiger charge is -1.98.